The minimum atomic E-state index is -1.18. The van der Waals surface area contributed by atoms with Crippen LogP contribution < -0.4 is 0 Å². The van der Waals surface area contributed by atoms with Crippen molar-refractivity contribution < 1.29 is 9.53 Å². The van der Waals surface area contributed by atoms with Gasteiger partial charge in [0.2, 0.25) is 0 Å². The summed E-state index contributed by atoms with van der Waals surface area (Å²) in [7, 11) is -1.18. The zero-order valence-electron chi connectivity index (χ0n) is 10.4. The molecule has 1 aromatic heterocycles. The predicted octanol–water partition coefficient (Wildman–Crippen LogP) is 2.45. The van der Waals surface area contributed by atoms with Gasteiger partial charge in [-0.05, 0) is 18.2 Å². The third kappa shape index (κ3) is 4.79. The van der Waals surface area contributed by atoms with Crippen LogP contribution in [-0.2, 0) is 4.74 Å². The Morgan fingerprint density at radius 1 is 1.53 bits per heavy atom. The zero-order valence-corrected chi connectivity index (χ0v) is 11.4. The van der Waals surface area contributed by atoms with Crippen LogP contribution in [0.4, 0.5) is 0 Å². The number of pyridine rings is 1. The van der Waals surface area contributed by atoms with Crippen LogP contribution in [0.1, 0.15) is 16.1 Å². The van der Waals surface area contributed by atoms with E-state index in [4.69, 9.17) is 10.00 Å². The van der Waals surface area contributed by atoms with Gasteiger partial charge in [-0.2, -0.15) is 5.26 Å². The number of nitriles is 1. The molecule has 0 unspecified atom stereocenters. The number of ether oxygens (including phenoxy) is 1. The molecule has 17 heavy (non-hydrogen) atoms. The van der Waals surface area contributed by atoms with Crippen LogP contribution >= 0.6 is 0 Å². The van der Waals surface area contributed by atoms with Crippen molar-refractivity contribution in [1.82, 2.24) is 4.98 Å². The van der Waals surface area contributed by atoms with Crippen molar-refractivity contribution in [3.8, 4) is 6.07 Å². The molecule has 0 aliphatic heterocycles. The van der Waals surface area contributed by atoms with Gasteiger partial charge in [0.15, 0.2) is 0 Å². The van der Waals surface area contributed by atoms with Gasteiger partial charge in [-0.25, -0.2) is 9.78 Å². The van der Waals surface area contributed by atoms with Crippen LogP contribution in [0.25, 0.3) is 0 Å². The first-order valence-corrected chi connectivity index (χ1v) is 9.16. The number of carbonyl (C=O) groups is 1. The molecule has 0 radical (unpaired) electrons. The van der Waals surface area contributed by atoms with Gasteiger partial charge < -0.3 is 4.74 Å². The summed E-state index contributed by atoms with van der Waals surface area (Å²) in [4.78, 5) is 15.5. The molecule has 4 nitrogen and oxygen atoms in total. The van der Waals surface area contributed by atoms with Gasteiger partial charge in [0.25, 0.3) is 0 Å². The Balaban J connectivity index is 2.56. The van der Waals surface area contributed by atoms with Crippen LogP contribution in [0.15, 0.2) is 18.3 Å². The molecule has 1 aromatic rings. The van der Waals surface area contributed by atoms with E-state index in [1.54, 1.807) is 6.07 Å². The van der Waals surface area contributed by atoms with E-state index in [9.17, 15) is 4.79 Å². The molecule has 0 atom stereocenters. The maximum Gasteiger partial charge on any atom is 0.338 e. The highest BCUT2D eigenvalue weighted by molar-refractivity contribution is 6.76. The van der Waals surface area contributed by atoms with E-state index >= 15 is 0 Å². The van der Waals surface area contributed by atoms with Gasteiger partial charge in [-0.3, -0.25) is 0 Å². The fraction of sp³-hybridized carbons (Fsp3) is 0.417. The minimum absolute atomic E-state index is 0.227. The molecular weight excluding hydrogens is 232 g/mol. The summed E-state index contributed by atoms with van der Waals surface area (Å²) in [6, 6.07) is 5.82. The standard InChI is InChI=1S/C12H16N2O2Si/c1-17(2,3)7-6-16-12(15)10-4-5-14-11(8-10)9-13/h4-5,8H,6-7H2,1-3H3. The Morgan fingerprint density at radius 3 is 2.82 bits per heavy atom. The topological polar surface area (TPSA) is 63.0 Å². The summed E-state index contributed by atoms with van der Waals surface area (Å²) in [6.07, 6.45) is 1.44. The predicted molar refractivity (Wildman–Crippen MR) is 67.4 cm³/mol. The van der Waals surface area contributed by atoms with Crippen molar-refractivity contribution in [3.05, 3.63) is 29.6 Å². The summed E-state index contributed by atoms with van der Waals surface area (Å²) in [5.41, 5.74) is 0.608. The second-order valence-corrected chi connectivity index (χ2v) is 10.6. The highest BCUT2D eigenvalue weighted by Gasteiger charge is 2.14. The van der Waals surface area contributed by atoms with Crippen LogP contribution in [-0.4, -0.2) is 25.6 Å². The largest absolute Gasteiger partial charge is 0.462 e. The fourth-order valence-electron chi connectivity index (χ4n) is 1.15. The quantitative estimate of drug-likeness (QED) is 0.606. The van der Waals surface area contributed by atoms with Crippen molar-refractivity contribution >= 4 is 14.0 Å². The van der Waals surface area contributed by atoms with Gasteiger partial charge in [0.05, 0.1) is 12.2 Å². The second-order valence-electron chi connectivity index (χ2n) is 4.99. The van der Waals surface area contributed by atoms with E-state index in [1.807, 2.05) is 6.07 Å². The van der Waals surface area contributed by atoms with Crippen molar-refractivity contribution in [2.45, 2.75) is 25.7 Å². The molecule has 0 saturated heterocycles. The lowest BCUT2D eigenvalue weighted by Crippen LogP contribution is -2.22. The maximum atomic E-state index is 11.7. The fourth-order valence-corrected chi connectivity index (χ4v) is 1.87. The molecule has 0 N–H and O–H groups in total. The molecule has 0 spiro atoms. The molecule has 5 heteroatoms. The van der Waals surface area contributed by atoms with Crippen LogP contribution in [0.3, 0.4) is 0 Å². The first kappa shape index (κ1) is 13.4. The van der Waals surface area contributed by atoms with E-state index < -0.39 is 8.07 Å². The molecular formula is C12H16N2O2Si. The molecule has 0 saturated carbocycles. The summed E-state index contributed by atoms with van der Waals surface area (Å²) >= 11 is 0. The van der Waals surface area contributed by atoms with Gasteiger partial charge in [0, 0.05) is 14.3 Å². The second kappa shape index (κ2) is 5.59. The molecule has 0 aliphatic rings. The molecule has 0 aliphatic carbocycles. The number of esters is 1. The number of hydrogen-bond acceptors (Lipinski definition) is 4. The lowest BCUT2D eigenvalue weighted by molar-refractivity contribution is 0.0525. The molecule has 1 rings (SSSR count). The average molecular weight is 248 g/mol. The molecule has 0 amide bonds. The minimum Gasteiger partial charge on any atom is -0.462 e. The first-order chi connectivity index (χ1) is 7.92. The monoisotopic (exact) mass is 248 g/mol. The number of carbonyl (C=O) groups excluding carboxylic acids is 1. The summed E-state index contributed by atoms with van der Waals surface area (Å²) in [5, 5.41) is 8.67. The third-order valence-electron chi connectivity index (χ3n) is 2.20. The Kier molecular flexibility index (Phi) is 4.41. The lowest BCUT2D eigenvalue weighted by Gasteiger charge is -2.15. The van der Waals surface area contributed by atoms with Crippen molar-refractivity contribution in [2.75, 3.05) is 6.61 Å². The highest BCUT2D eigenvalue weighted by Crippen LogP contribution is 2.09. The summed E-state index contributed by atoms with van der Waals surface area (Å²) in [5.74, 6) is -0.387. The van der Waals surface area contributed by atoms with Gasteiger partial charge in [0.1, 0.15) is 11.8 Å². The van der Waals surface area contributed by atoms with Gasteiger partial charge >= 0.3 is 5.97 Å². The van der Waals surface area contributed by atoms with Crippen molar-refractivity contribution in [3.63, 3.8) is 0 Å². The first-order valence-electron chi connectivity index (χ1n) is 5.46. The molecule has 0 fully saturated rings. The van der Waals surface area contributed by atoms with E-state index in [2.05, 4.69) is 24.6 Å². The van der Waals surface area contributed by atoms with Crippen LogP contribution in [0.2, 0.25) is 25.7 Å². The number of hydrogen-bond donors (Lipinski definition) is 0. The number of rotatable bonds is 4. The van der Waals surface area contributed by atoms with E-state index in [1.165, 1.54) is 12.3 Å². The van der Waals surface area contributed by atoms with Crippen LogP contribution in [0, 0.1) is 11.3 Å². The summed E-state index contributed by atoms with van der Waals surface area (Å²) in [6.45, 7) is 7.11. The maximum absolute atomic E-state index is 11.7. The average Bonchev–Trinajstić information content (AvgIpc) is 2.27. The highest BCUT2D eigenvalue weighted by atomic mass is 28.3. The Labute approximate surface area is 102 Å². The smallest absolute Gasteiger partial charge is 0.338 e. The third-order valence-corrected chi connectivity index (χ3v) is 3.90. The van der Waals surface area contributed by atoms with Gasteiger partial charge in [-0.15, -0.1) is 0 Å². The SMILES string of the molecule is C[Si](C)(C)CCOC(=O)c1ccnc(C#N)c1. The molecule has 1 heterocycles. The molecule has 0 bridgehead atoms. The Morgan fingerprint density at radius 2 is 2.24 bits per heavy atom. The Bertz CT molecular complexity index is 447. The van der Waals surface area contributed by atoms with Crippen molar-refractivity contribution in [1.29, 1.82) is 5.26 Å². The number of aromatic nitrogens is 1. The molecule has 90 valence electrons. The van der Waals surface area contributed by atoms with Crippen molar-refractivity contribution in [2.24, 2.45) is 0 Å². The summed E-state index contributed by atoms with van der Waals surface area (Å²) < 4.78 is 5.16. The van der Waals surface area contributed by atoms with E-state index in [-0.39, 0.29) is 11.7 Å². The van der Waals surface area contributed by atoms with E-state index in [0.717, 1.165) is 6.04 Å². The Hall–Kier alpha value is -1.67. The van der Waals surface area contributed by atoms with Gasteiger partial charge in [-0.1, -0.05) is 19.6 Å². The van der Waals surface area contributed by atoms with E-state index in [0.29, 0.717) is 12.2 Å². The zero-order chi connectivity index (χ0) is 12.9. The lowest BCUT2D eigenvalue weighted by atomic mass is 10.2. The molecule has 0 aromatic carbocycles. The number of nitrogens with zero attached hydrogens (tertiary/aromatic N) is 2. The van der Waals surface area contributed by atoms with Crippen LogP contribution in [0.5, 0.6) is 0 Å². The normalized spacial score (nSPS) is 10.7.